The van der Waals surface area contributed by atoms with Crippen molar-refractivity contribution in [3.63, 3.8) is 0 Å². The first-order valence-corrected chi connectivity index (χ1v) is 6.54. The Labute approximate surface area is 102 Å². The van der Waals surface area contributed by atoms with E-state index in [9.17, 15) is 0 Å². The number of hydrogen-bond acceptors (Lipinski definition) is 5. The van der Waals surface area contributed by atoms with Crippen molar-refractivity contribution >= 4 is 0 Å². The average molecular weight is 238 g/mol. The maximum absolute atomic E-state index is 5.95. The van der Waals surface area contributed by atoms with Gasteiger partial charge in [-0.3, -0.25) is 4.90 Å². The van der Waals surface area contributed by atoms with Gasteiger partial charge in [0.1, 0.15) is 0 Å². The summed E-state index contributed by atoms with van der Waals surface area (Å²) in [6.07, 6.45) is 7.26. The fourth-order valence-corrected chi connectivity index (χ4v) is 2.58. The maximum Gasteiger partial charge on any atom is 0.240 e. The van der Waals surface area contributed by atoms with Crippen molar-refractivity contribution in [3.05, 3.63) is 12.2 Å². The molecule has 1 saturated carbocycles. The molecule has 2 rings (SSSR count). The molecule has 2 N–H and O–H groups in total. The number of rotatable bonds is 5. The largest absolute Gasteiger partial charge is 0.338 e. The van der Waals surface area contributed by atoms with Gasteiger partial charge in [-0.05, 0) is 38.6 Å². The van der Waals surface area contributed by atoms with E-state index < -0.39 is 0 Å². The summed E-state index contributed by atoms with van der Waals surface area (Å²) in [5.74, 6) is 0.716. The van der Waals surface area contributed by atoms with Crippen LogP contribution in [-0.2, 0) is 6.54 Å². The minimum absolute atomic E-state index is 0.401. The fourth-order valence-electron chi connectivity index (χ4n) is 2.58. The summed E-state index contributed by atoms with van der Waals surface area (Å²) in [6, 6.07) is 1.03. The predicted octanol–water partition coefficient (Wildman–Crippen LogP) is 1.55. The number of aromatic nitrogens is 2. The average Bonchev–Trinajstić information content (AvgIpc) is 2.82. The summed E-state index contributed by atoms with van der Waals surface area (Å²) in [6.45, 7) is 4.06. The minimum Gasteiger partial charge on any atom is -0.338 e. The summed E-state index contributed by atoms with van der Waals surface area (Å²) in [5.41, 5.74) is 5.95. The molecule has 0 bridgehead atoms. The molecule has 0 amide bonds. The van der Waals surface area contributed by atoms with E-state index in [2.05, 4.69) is 22.0 Å². The molecule has 0 aliphatic heterocycles. The van der Waals surface area contributed by atoms with E-state index in [1.165, 1.54) is 19.2 Å². The monoisotopic (exact) mass is 238 g/mol. The Morgan fingerprint density at radius 1 is 1.41 bits per heavy atom. The van der Waals surface area contributed by atoms with E-state index in [0.717, 1.165) is 32.4 Å². The van der Waals surface area contributed by atoms with Crippen LogP contribution in [0.15, 0.2) is 10.9 Å². The lowest BCUT2D eigenvalue weighted by Gasteiger charge is -2.35. The molecule has 0 unspecified atom stereocenters. The predicted molar refractivity (Wildman–Crippen MR) is 65.2 cm³/mol. The zero-order valence-corrected chi connectivity index (χ0v) is 10.5. The highest BCUT2D eigenvalue weighted by atomic mass is 16.5. The molecule has 0 atom stereocenters. The number of hydrogen-bond donors (Lipinski definition) is 1. The van der Waals surface area contributed by atoms with Crippen molar-refractivity contribution in [1.29, 1.82) is 0 Å². The summed E-state index contributed by atoms with van der Waals surface area (Å²) < 4.78 is 5.09. The highest BCUT2D eigenvalue weighted by Gasteiger charge is 2.24. The third-order valence-corrected chi connectivity index (χ3v) is 3.51. The van der Waals surface area contributed by atoms with Crippen LogP contribution in [-0.4, -0.2) is 33.7 Å². The van der Waals surface area contributed by atoms with Gasteiger partial charge in [0.25, 0.3) is 0 Å². The number of nitrogens with zero attached hydrogens (tertiary/aromatic N) is 3. The lowest BCUT2D eigenvalue weighted by Crippen LogP contribution is -2.40. The van der Waals surface area contributed by atoms with E-state index >= 15 is 0 Å². The second-order valence-electron chi connectivity index (χ2n) is 4.87. The van der Waals surface area contributed by atoms with Crippen LogP contribution in [0.2, 0.25) is 0 Å². The standard InChI is InChI=1S/C12H22N4O/c1-2-7-16(8-12-14-9-15-17-12)11-5-3-10(13)4-6-11/h9-11H,2-8,13H2,1H3. The highest BCUT2D eigenvalue weighted by molar-refractivity contribution is 4.84. The van der Waals surface area contributed by atoms with Gasteiger partial charge >= 0.3 is 0 Å². The first-order chi connectivity index (χ1) is 8.29. The molecule has 5 heteroatoms. The van der Waals surface area contributed by atoms with E-state index in [-0.39, 0.29) is 0 Å². The van der Waals surface area contributed by atoms with Crippen molar-refractivity contribution in [3.8, 4) is 0 Å². The third-order valence-electron chi connectivity index (χ3n) is 3.51. The lowest BCUT2D eigenvalue weighted by atomic mass is 9.90. The molecule has 0 aromatic carbocycles. The SMILES string of the molecule is CCCN(Cc1ncno1)C1CCC(N)CC1. The van der Waals surface area contributed by atoms with Crippen molar-refractivity contribution in [2.24, 2.45) is 5.73 Å². The Hall–Kier alpha value is -0.940. The molecule has 0 radical (unpaired) electrons. The molecule has 0 saturated heterocycles. The van der Waals surface area contributed by atoms with Crippen LogP contribution in [0.5, 0.6) is 0 Å². The van der Waals surface area contributed by atoms with Gasteiger partial charge in [0.05, 0.1) is 6.54 Å². The van der Waals surface area contributed by atoms with Crippen molar-refractivity contribution in [2.75, 3.05) is 6.54 Å². The highest BCUT2D eigenvalue weighted by Crippen LogP contribution is 2.23. The van der Waals surface area contributed by atoms with E-state index in [1.54, 1.807) is 0 Å². The Balaban J connectivity index is 1.92. The smallest absolute Gasteiger partial charge is 0.240 e. The normalized spacial score (nSPS) is 25.4. The van der Waals surface area contributed by atoms with E-state index in [1.807, 2.05) is 0 Å². The van der Waals surface area contributed by atoms with Crippen LogP contribution < -0.4 is 5.73 Å². The van der Waals surface area contributed by atoms with Gasteiger partial charge < -0.3 is 10.3 Å². The molecule has 5 nitrogen and oxygen atoms in total. The first kappa shape index (κ1) is 12.5. The second-order valence-corrected chi connectivity index (χ2v) is 4.87. The Kier molecular flexibility index (Phi) is 4.50. The topological polar surface area (TPSA) is 68.2 Å². The molecule has 0 spiro atoms. The second kappa shape index (κ2) is 6.12. The molecule has 1 aliphatic rings. The Morgan fingerprint density at radius 2 is 2.18 bits per heavy atom. The molecule has 1 aliphatic carbocycles. The van der Waals surface area contributed by atoms with Crippen LogP contribution in [0.3, 0.4) is 0 Å². The van der Waals surface area contributed by atoms with Gasteiger partial charge in [-0.2, -0.15) is 4.98 Å². The van der Waals surface area contributed by atoms with Crippen molar-refractivity contribution < 1.29 is 4.52 Å². The summed E-state index contributed by atoms with van der Waals surface area (Å²) in [5, 5.41) is 3.66. The van der Waals surface area contributed by atoms with Gasteiger partial charge in [-0.15, -0.1) is 0 Å². The van der Waals surface area contributed by atoms with Crippen LogP contribution >= 0.6 is 0 Å². The molecule has 1 fully saturated rings. The van der Waals surface area contributed by atoms with Crippen molar-refractivity contribution in [2.45, 2.75) is 57.7 Å². The first-order valence-electron chi connectivity index (χ1n) is 6.54. The maximum atomic E-state index is 5.95. The van der Waals surface area contributed by atoms with Crippen molar-refractivity contribution in [1.82, 2.24) is 15.0 Å². The van der Waals surface area contributed by atoms with Gasteiger partial charge in [0.15, 0.2) is 6.33 Å². The van der Waals surface area contributed by atoms with Crippen LogP contribution in [0, 0.1) is 0 Å². The van der Waals surface area contributed by atoms with Gasteiger partial charge in [-0.25, -0.2) is 0 Å². The Bertz CT molecular complexity index is 306. The van der Waals surface area contributed by atoms with E-state index in [0.29, 0.717) is 18.0 Å². The summed E-state index contributed by atoms with van der Waals surface area (Å²) in [4.78, 5) is 6.56. The van der Waals surface area contributed by atoms with Crippen LogP contribution in [0.4, 0.5) is 0 Å². The lowest BCUT2D eigenvalue weighted by molar-refractivity contribution is 0.126. The third kappa shape index (κ3) is 3.51. The quantitative estimate of drug-likeness (QED) is 0.843. The summed E-state index contributed by atoms with van der Waals surface area (Å²) in [7, 11) is 0. The molecule has 1 heterocycles. The van der Waals surface area contributed by atoms with Gasteiger partial charge in [0, 0.05) is 12.1 Å². The minimum atomic E-state index is 0.401. The molecule has 1 aromatic rings. The molecule has 96 valence electrons. The van der Waals surface area contributed by atoms with E-state index in [4.69, 9.17) is 10.3 Å². The fraction of sp³-hybridized carbons (Fsp3) is 0.833. The Morgan fingerprint density at radius 3 is 2.76 bits per heavy atom. The summed E-state index contributed by atoms with van der Waals surface area (Å²) >= 11 is 0. The molecule has 1 aromatic heterocycles. The molecular formula is C12H22N4O. The zero-order chi connectivity index (χ0) is 12.1. The molecular weight excluding hydrogens is 216 g/mol. The number of nitrogens with two attached hydrogens (primary N) is 1. The zero-order valence-electron chi connectivity index (χ0n) is 10.5. The van der Waals surface area contributed by atoms with Gasteiger partial charge in [-0.1, -0.05) is 12.1 Å². The van der Waals surface area contributed by atoms with Crippen LogP contribution in [0.1, 0.15) is 44.9 Å². The van der Waals surface area contributed by atoms with Crippen LogP contribution in [0.25, 0.3) is 0 Å². The van der Waals surface area contributed by atoms with Gasteiger partial charge in [0.2, 0.25) is 5.89 Å². The molecule has 17 heavy (non-hydrogen) atoms.